The van der Waals surface area contributed by atoms with E-state index >= 15 is 0 Å². The molecule has 0 saturated heterocycles. The molecule has 1 atom stereocenters. The first-order chi connectivity index (χ1) is 22.1. The molecule has 0 unspecified atom stereocenters. The Morgan fingerprint density at radius 2 is 1.74 bits per heavy atom. The Hall–Kier alpha value is -4.97. The number of benzene rings is 2. The van der Waals surface area contributed by atoms with Crippen molar-refractivity contribution in [1.82, 2.24) is 9.13 Å². The summed E-state index contributed by atoms with van der Waals surface area (Å²) in [6, 6.07) is 12.3. The van der Waals surface area contributed by atoms with E-state index in [2.05, 4.69) is 9.73 Å². The molecule has 1 aliphatic heterocycles. The van der Waals surface area contributed by atoms with Gasteiger partial charge in [-0.1, -0.05) is 17.4 Å². The Morgan fingerprint density at radius 3 is 2.41 bits per heavy atom. The number of thiazole rings is 1. The summed E-state index contributed by atoms with van der Waals surface area (Å²) in [7, 11) is 1.27. The van der Waals surface area contributed by atoms with Crippen LogP contribution in [0.25, 0.3) is 11.8 Å². The number of rotatable bonds is 10. The number of ether oxygens (including phenoxy) is 4. The van der Waals surface area contributed by atoms with Gasteiger partial charge in [-0.3, -0.25) is 9.36 Å². The summed E-state index contributed by atoms with van der Waals surface area (Å²) >= 11 is 1.21. The van der Waals surface area contributed by atoms with Crippen molar-refractivity contribution in [1.29, 1.82) is 0 Å². The summed E-state index contributed by atoms with van der Waals surface area (Å²) in [5, 5.41) is 0. The van der Waals surface area contributed by atoms with Crippen LogP contribution in [0.3, 0.4) is 0 Å². The molecular weight excluding hydrogens is 613 g/mol. The molecule has 0 spiro atoms. The van der Waals surface area contributed by atoms with E-state index in [4.69, 9.17) is 14.2 Å². The van der Waals surface area contributed by atoms with Gasteiger partial charge in [-0.15, -0.1) is 0 Å². The highest BCUT2D eigenvalue weighted by molar-refractivity contribution is 7.07. The molecule has 0 fully saturated rings. The maximum atomic E-state index is 14.2. The summed E-state index contributed by atoms with van der Waals surface area (Å²) in [5.41, 5.74) is 4.29. The fraction of sp³-hybridized carbons (Fsp3) is 0.294. The first-order valence-corrected chi connectivity index (χ1v) is 15.5. The summed E-state index contributed by atoms with van der Waals surface area (Å²) in [6.07, 6.45) is 1.81. The topological polar surface area (TPSA) is 110 Å². The van der Waals surface area contributed by atoms with Gasteiger partial charge in [0.25, 0.3) is 5.56 Å². The number of nitrogens with zero attached hydrogens (tertiary/aromatic N) is 3. The zero-order valence-electron chi connectivity index (χ0n) is 26.4. The Labute approximate surface area is 268 Å². The molecule has 0 bridgehead atoms. The van der Waals surface area contributed by atoms with E-state index in [1.807, 2.05) is 30.6 Å². The van der Waals surface area contributed by atoms with Crippen molar-refractivity contribution in [3.8, 4) is 17.2 Å². The van der Waals surface area contributed by atoms with Crippen molar-refractivity contribution in [3.05, 3.63) is 108 Å². The molecule has 1 aliphatic rings. The van der Waals surface area contributed by atoms with Crippen molar-refractivity contribution >= 4 is 29.4 Å². The van der Waals surface area contributed by atoms with E-state index < -0.39 is 18.0 Å². The van der Waals surface area contributed by atoms with Gasteiger partial charge in [0.05, 0.1) is 42.2 Å². The third-order valence-electron chi connectivity index (χ3n) is 7.52. The van der Waals surface area contributed by atoms with Crippen LogP contribution in [0.1, 0.15) is 49.3 Å². The molecule has 0 aliphatic carbocycles. The normalized spacial score (nSPS) is 14.5. The van der Waals surface area contributed by atoms with E-state index in [0.717, 1.165) is 22.6 Å². The van der Waals surface area contributed by atoms with E-state index in [0.29, 0.717) is 38.7 Å². The van der Waals surface area contributed by atoms with E-state index in [9.17, 15) is 18.8 Å². The number of carbonyl (C=O) groups is 2. The second kappa shape index (κ2) is 13.6. The van der Waals surface area contributed by atoms with Crippen LogP contribution in [-0.2, 0) is 19.1 Å². The van der Waals surface area contributed by atoms with E-state index in [1.165, 1.54) is 35.1 Å². The molecule has 0 radical (unpaired) electrons. The Balaban J connectivity index is 1.66. The molecule has 2 aromatic carbocycles. The second-order valence-corrected chi connectivity index (χ2v) is 11.5. The quantitative estimate of drug-likeness (QED) is 0.236. The van der Waals surface area contributed by atoms with E-state index in [1.54, 1.807) is 51.1 Å². The molecule has 12 heteroatoms. The van der Waals surface area contributed by atoms with Crippen LogP contribution in [0.15, 0.2) is 69.6 Å². The van der Waals surface area contributed by atoms with Gasteiger partial charge in [-0.2, -0.15) is 0 Å². The molecule has 10 nitrogen and oxygen atoms in total. The summed E-state index contributed by atoms with van der Waals surface area (Å²) in [6.45, 7) is 9.23. The van der Waals surface area contributed by atoms with Crippen LogP contribution in [0.2, 0.25) is 0 Å². The minimum absolute atomic E-state index is 0.140. The number of allylic oxidation sites excluding steroid dienone is 1. The van der Waals surface area contributed by atoms with Crippen LogP contribution in [-0.4, -0.2) is 48.0 Å². The number of methoxy groups -OCH3 is 1. The fourth-order valence-electron chi connectivity index (χ4n) is 5.45. The molecule has 0 amide bonds. The maximum absolute atomic E-state index is 14.2. The van der Waals surface area contributed by atoms with Crippen LogP contribution in [0, 0.1) is 19.7 Å². The number of hydrogen-bond donors (Lipinski definition) is 0. The first-order valence-electron chi connectivity index (χ1n) is 14.7. The Kier molecular flexibility index (Phi) is 9.57. The Bertz CT molecular complexity index is 2020. The lowest BCUT2D eigenvalue weighted by atomic mass is 9.95. The van der Waals surface area contributed by atoms with Crippen molar-refractivity contribution in [3.63, 3.8) is 0 Å². The fourth-order valence-corrected chi connectivity index (χ4v) is 6.48. The number of fused-ring (bicyclic) bond motifs is 1. The second-order valence-electron chi connectivity index (χ2n) is 10.4. The molecular formula is C34H34FN3O7S. The lowest BCUT2D eigenvalue weighted by Gasteiger charge is -2.25. The lowest BCUT2D eigenvalue weighted by molar-refractivity contribution is -0.143. The summed E-state index contributed by atoms with van der Waals surface area (Å²) in [5.74, 6) is -0.832. The largest absolute Gasteiger partial charge is 0.490 e. The number of halogens is 1. The molecule has 0 N–H and O–H groups in total. The molecule has 3 heterocycles. The highest BCUT2D eigenvalue weighted by Crippen LogP contribution is 2.36. The Morgan fingerprint density at radius 1 is 1.00 bits per heavy atom. The first kappa shape index (κ1) is 32.4. The molecule has 240 valence electrons. The number of aromatic nitrogens is 2. The van der Waals surface area contributed by atoms with Gasteiger partial charge in [0.1, 0.15) is 5.82 Å². The van der Waals surface area contributed by atoms with Gasteiger partial charge < -0.3 is 23.5 Å². The van der Waals surface area contributed by atoms with Crippen molar-refractivity contribution < 1.29 is 32.9 Å². The summed E-state index contributed by atoms with van der Waals surface area (Å²) in [4.78, 5) is 44.3. The van der Waals surface area contributed by atoms with Gasteiger partial charge in [0, 0.05) is 17.1 Å². The minimum Gasteiger partial charge on any atom is -0.490 e. The molecule has 2 aromatic heterocycles. The van der Waals surface area contributed by atoms with Crippen LogP contribution in [0.5, 0.6) is 11.5 Å². The highest BCUT2D eigenvalue weighted by Gasteiger charge is 2.34. The number of aryl methyl sites for hydroxylation is 1. The zero-order valence-corrected chi connectivity index (χ0v) is 27.2. The van der Waals surface area contributed by atoms with Gasteiger partial charge in [0.15, 0.2) is 22.9 Å². The zero-order chi connectivity index (χ0) is 33.1. The van der Waals surface area contributed by atoms with Crippen LogP contribution < -0.4 is 24.4 Å². The van der Waals surface area contributed by atoms with Crippen LogP contribution >= 0.6 is 11.3 Å². The SMILES string of the molecule is CCOC(=O)C1=C(C)N=c2s/c(=C/c3cc(C)n(-c4ccc(F)cc4)c3C)c(=O)n2[C@@H]1c1ccc(OCC(=O)OC)c(OCC)c1. The van der Waals surface area contributed by atoms with Gasteiger partial charge in [-0.25, -0.2) is 19.0 Å². The van der Waals surface area contributed by atoms with Gasteiger partial charge in [-0.05, 0) is 94.3 Å². The van der Waals surface area contributed by atoms with Crippen LogP contribution in [0.4, 0.5) is 4.39 Å². The average Bonchev–Trinajstić information content (AvgIpc) is 3.49. The van der Waals surface area contributed by atoms with Crippen molar-refractivity contribution in [2.24, 2.45) is 4.99 Å². The summed E-state index contributed by atoms with van der Waals surface area (Å²) < 4.78 is 39.0. The predicted molar refractivity (Wildman–Crippen MR) is 171 cm³/mol. The predicted octanol–water partition coefficient (Wildman–Crippen LogP) is 4.30. The number of carbonyl (C=O) groups excluding carboxylic acids is 2. The standard InChI is InChI=1S/C34H34FN3O7S/c1-7-43-27-16-22(9-14-26(27)45-18-29(39)42-6)31-30(33(41)44-8-2)20(4)36-34-38(31)32(40)28(46-34)17-23-15-19(3)37(21(23)5)25-12-10-24(35)11-13-25/h9-17,31H,7-8,18H2,1-6H3/b28-17+/t31-/m1/s1. The minimum atomic E-state index is -0.877. The monoisotopic (exact) mass is 647 g/mol. The molecule has 46 heavy (non-hydrogen) atoms. The molecule has 0 saturated carbocycles. The maximum Gasteiger partial charge on any atom is 0.343 e. The third kappa shape index (κ3) is 6.25. The third-order valence-corrected chi connectivity index (χ3v) is 8.50. The lowest BCUT2D eigenvalue weighted by Crippen LogP contribution is -2.40. The highest BCUT2D eigenvalue weighted by atomic mass is 32.1. The van der Waals surface area contributed by atoms with Gasteiger partial charge in [0.2, 0.25) is 0 Å². The smallest absolute Gasteiger partial charge is 0.343 e. The van der Waals surface area contributed by atoms with Crippen molar-refractivity contribution in [2.75, 3.05) is 26.9 Å². The van der Waals surface area contributed by atoms with Gasteiger partial charge >= 0.3 is 11.9 Å². The average molecular weight is 648 g/mol. The number of esters is 2. The van der Waals surface area contributed by atoms with Crippen molar-refractivity contribution in [2.45, 2.75) is 40.7 Å². The number of hydrogen-bond acceptors (Lipinski definition) is 9. The molecule has 5 rings (SSSR count). The van der Waals surface area contributed by atoms with E-state index in [-0.39, 0.29) is 30.2 Å². The molecule has 4 aromatic rings.